The summed E-state index contributed by atoms with van der Waals surface area (Å²) < 4.78 is 54.8. The maximum absolute atomic E-state index is 13.6. The molecule has 1 saturated carbocycles. The van der Waals surface area contributed by atoms with Crippen molar-refractivity contribution in [2.45, 2.75) is 50.4 Å². The molecule has 0 bridgehead atoms. The fourth-order valence-corrected chi connectivity index (χ4v) is 3.98. The van der Waals surface area contributed by atoms with Crippen LogP contribution in [0.25, 0.3) is 0 Å². The van der Waals surface area contributed by atoms with Crippen LogP contribution in [-0.2, 0) is 11.2 Å². The second-order valence-corrected chi connectivity index (χ2v) is 7.53. The molecule has 1 aromatic heterocycles. The Kier molecular flexibility index (Phi) is 4.81. The van der Waals surface area contributed by atoms with E-state index >= 15 is 0 Å². The molecule has 1 fully saturated rings. The molecular weight excluding hydrogens is 388 g/mol. The maximum Gasteiger partial charge on any atom is 0.410 e. The van der Waals surface area contributed by atoms with Gasteiger partial charge >= 0.3 is 6.18 Å². The Hall–Kier alpha value is -2.89. The Morgan fingerprint density at radius 2 is 1.93 bits per heavy atom. The van der Waals surface area contributed by atoms with Crippen molar-refractivity contribution in [1.82, 2.24) is 9.78 Å². The van der Waals surface area contributed by atoms with Gasteiger partial charge < -0.3 is 0 Å². The van der Waals surface area contributed by atoms with Gasteiger partial charge in [0.1, 0.15) is 17.4 Å². The summed E-state index contributed by atoms with van der Waals surface area (Å²) in [4.78, 5) is 14.4. The molecule has 0 saturated heterocycles. The predicted octanol–water partition coefficient (Wildman–Crippen LogP) is 4.15. The predicted molar refractivity (Wildman–Crippen MR) is 95.4 cm³/mol. The van der Waals surface area contributed by atoms with Gasteiger partial charge in [0, 0.05) is 12.5 Å². The quantitative estimate of drug-likeness (QED) is 0.717. The van der Waals surface area contributed by atoms with Crippen molar-refractivity contribution in [3.05, 3.63) is 47.4 Å². The van der Waals surface area contributed by atoms with Crippen molar-refractivity contribution in [2.75, 3.05) is 4.90 Å². The highest BCUT2D eigenvalue weighted by Crippen LogP contribution is 2.49. The minimum Gasteiger partial charge on any atom is -0.292 e. The Bertz CT molecular complexity index is 956. The number of anilines is 1. The Morgan fingerprint density at radius 3 is 2.52 bits per heavy atom. The smallest absolute Gasteiger partial charge is 0.292 e. The normalized spacial score (nSPS) is 21.6. The first kappa shape index (κ1) is 19.4. The third-order valence-electron chi connectivity index (χ3n) is 5.56. The van der Waals surface area contributed by atoms with E-state index in [9.17, 15) is 27.6 Å². The number of rotatable bonds is 4. The van der Waals surface area contributed by atoms with Gasteiger partial charge in [-0.2, -0.15) is 23.5 Å². The zero-order chi connectivity index (χ0) is 20.8. The number of nitrogens with zero attached hydrogens (tertiary/aromatic N) is 4. The fraction of sp³-hybridized carbons (Fsp3) is 0.450. The molecule has 2 heterocycles. The molecule has 2 aliphatic rings. The summed E-state index contributed by atoms with van der Waals surface area (Å²) in [6.07, 6.45) is -1.82. The summed E-state index contributed by atoms with van der Waals surface area (Å²) in [6, 6.07) is 5.13. The molecule has 1 aromatic carbocycles. The summed E-state index contributed by atoms with van der Waals surface area (Å²) >= 11 is 0. The number of aryl methyl sites for hydroxylation is 1. The van der Waals surface area contributed by atoms with Crippen LogP contribution >= 0.6 is 0 Å². The molecule has 29 heavy (non-hydrogen) atoms. The van der Waals surface area contributed by atoms with Crippen molar-refractivity contribution in [1.29, 1.82) is 5.26 Å². The van der Waals surface area contributed by atoms with Crippen LogP contribution < -0.4 is 4.90 Å². The van der Waals surface area contributed by atoms with Crippen LogP contribution in [0.2, 0.25) is 0 Å². The first-order chi connectivity index (χ1) is 13.8. The number of nitriles is 1. The summed E-state index contributed by atoms with van der Waals surface area (Å²) in [6.45, 7) is 0. The van der Waals surface area contributed by atoms with E-state index in [0.717, 1.165) is 29.3 Å². The van der Waals surface area contributed by atoms with Crippen LogP contribution in [-0.4, -0.2) is 27.9 Å². The minimum absolute atomic E-state index is 0.00943. The molecule has 0 N–H and O–H groups in total. The van der Waals surface area contributed by atoms with E-state index in [1.807, 2.05) is 6.07 Å². The van der Waals surface area contributed by atoms with Gasteiger partial charge in [0.15, 0.2) is 11.9 Å². The maximum atomic E-state index is 13.6. The number of aromatic nitrogens is 2. The lowest BCUT2D eigenvalue weighted by molar-refractivity contribution is -0.175. The van der Waals surface area contributed by atoms with Crippen LogP contribution in [0.4, 0.5) is 23.4 Å². The summed E-state index contributed by atoms with van der Waals surface area (Å²) in [5.41, 5.74) is 0.710. The standard InChI is InChI=1S/C20H18F4N4O/c21-15-6-1-12(2-7-15)3-8-18(29)27-16(13-4-5-13)9-17(20(22,23)24)28-19(27)14(10-25)11-26-28/h1-2,6-7,11,13,16-17H,3-5,8-9H2. The minimum atomic E-state index is -4.52. The molecule has 152 valence electrons. The molecular formula is C20H18F4N4O. The fourth-order valence-electron chi connectivity index (χ4n) is 3.98. The molecule has 1 amide bonds. The van der Waals surface area contributed by atoms with E-state index in [1.54, 1.807) is 12.1 Å². The third-order valence-corrected chi connectivity index (χ3v) is 5.56. The Balaban J connectivity index is 1.66. The van der Waals surface area contributed by atoms with E-state index in [2.05, 4.69) is 5.10 Å². The van der Waals surface area contributed by atoms with E-state index < -0.39 is 18.3 Å². The number of benzene rings is 1. The lowest BCUT2D eigenvalue weighted by Gasteiger charge is -2.40. The molecule has 5 nitrogen and oxygen atoms in total. The topological polar surface area (TPSA) is 61.9 Å². The number of amides is 1. The van der Waals surface area contributed by atoms with Crippen LogP contribution in [0.1, 0.15) is 42.9 Å². The summed E-state index contributed by atoms with van der Waals surface area (Å²) in [7, 11) is 0. The number of carbonyl (C=O) groups is 1. The van der Waals surface area contributed by atoms with E-state index in [1.165, 1.54) is 17.0 Å². The van der Waals surface area contributed by atoms with Gasteiger partial charge in [0.2, 0.25) is 5.91 Å². The largest absolute Gasteiger partial charge is 0.410 e. The van der Waals surface area contributed by atoms with Crippen molar-refractivity contribution in [3.8, 4) is 6.07 Å². The van der Waals surface area contributed by atoms with Crippen LogP contribution in [0.15, 0.2) is 30.5 Å². The number of halogens is 4. The first-order valence-electron chi connectivity index (χ1n) is 9.40. The lowest BCUT2D eigenvalue weighted by atomic mass is 9.96. The average Bonchev–Trinajstić information content (AvgIpc) is 3.44. The number of carbonyl (C=O) groups excluding carboxylic acids is 1. The van der Waals surface area contributed by atoms with Gasteiger partial charge in [0.25, 0.3) is 0 Å². The lowest BCUT2D eigenvalue weighted by Crippen LogP contribution is -2.51. The van der Waals surface area contributed by atoms with Gasteiger partial charge in [-0.05, 0) is 49.3 Å². The van der Waals surface area contributed by atoms with Gasteiger partial charge in [-0.25, -0.2) is 9.07 Å². The molecule has 9 heteroatoms. The molecule has 1 aliphatic carbocycles. The molecule has 2 unspecified atom stereocenters. The van der Waals surface area contributed by atoms with E-state index in [-0.39, 0.29) is 41.9 Å². The molecule has 4 rings (SSSR count). The second kappa shape index (κ2) is 7.17. The Morgan fingerprint density at radius 1 is 1.24 bits per heavy atom. The number of fused-ring (bicyclic) bond motifs is 1. The number of hydrogen-bond acceptors (Lipinski definition) is 3. The van der Waals surface area contributed by atoms with Crippen molar-refractivity contribution >= 4 is 11.7 Å². The van der Waals surface area contributed by atoms with Crippen molar-refractivity contribution in [2.24, 2.45) is 5.92 Å². The van der Waals surface area contributed by atoms with Gasteiger partial charge in [-0.1, -0.05) is 12.1 Å². The zero-order valence-corrected chi connectivity index (χ0v) is 15.4. The SMILES string of the molecule is N#Cc1cnn2c1N(C(=O)CCc1ccc(F)cc1)C(C1CC1)CC2C(F)(F)F. The van der Waals surface area contributed by atoms with E-state index in [0.29, 0.717) is 6.42 Å². The van der Waals surface area contributed by atoms with Gasteiger partial charge in [-0.15, -0.1) is 0 Å². The summed E-state index contributed by atoms with van der Waals surface area (Å²) in [5.74, 6) is -0.817. The first-order valence-corrected chi connectivity index (χ1v) is 9.40. The molecule has 1 aliphatic heterocycles. The van der Waals surface area contributed by atoms with Crippen molar-refractivity contribution in [3.63, 3.8) is 0 Å². The monoisotopic (exact) mass is 406 g/mol. The molecule has 2 atom stereocenters. The van der Waals surface area contributed by atoms with Crippen LogP contribution in [0, 0.1) is 23.1 Å². The third kappa shape index (κ3) is 3.71. The van der Waals surface area contributed by atoms with E-state index in [4.69, 9.17) is 0 Å². The highest BCUT2D eigenvalue weighted by Gasteiger charge is 2.53. The Labute approximate surface area is 164 Å². The summed E-state index contributed by atoms with van der Waals surface area (Å²) in [5, 5.41) is 13.2. The number of hydrogen-bond donors (Lipinski definition) is 0. The highest BCUT2D eigenvalue weighted by molar-refractivity contribution is 5.95. The van der Waals surface area contributed by atoms with Crippen LogP contribution in [0.3, 0.4) is 0 Å². The molecule has 2 aromatic rings. The number of alkyl halides is 3. The van der Waals surface area contributed by atoms with Gasteiger partial charge in [-0.3, -0.25) is 9.69 Å². The highest BCUT2D eigenvalue weighted by atomic mass is 19.4. The molecule has 0 radical (unpaired) electrons. The average molecular weight is 406 g/mol. The second-order valence-electron chi connectivity index (χ2n) is 7.53. The van der Waals surface area contributed by atoms with Crippen molar-refractivity contribution < 1.29 is 22.4 Å². The van der Waals surface area contributed by atoms with Crippen LogP contribution in [0.5, 0.6) is 0 Å². The molecule has 0 spiro atoms. The zero-order valence-electron chi connectivity index (χ0n) is 15.4. The van der Waals surface area contributed by atoms with Gasteiger partial charge in [0.05, 0.1) is 6.20 Å².